The number of rotatable bonds is 5. The van der Waals surface area contributed by atoms with E-state index in [9.17, 15) is 9.18 Å². The Hall–Kier alpha value is -3.00. The Morgan fingerprint density at radius 1 is 1.31 bits per heavy atom. The van der Waals surface area contributed by atoms with Crippen LogP contribution in [0.25, 0.3) is 27.8 Å². The zero-order chi connectivity index (χ0) is 20.4. The third kappa shape index (κ3) is 3.80. The predicted octanol–water partition coefficient (Wildman–Crippen LogP) is 4.76. The number of hydrogen-bond donors (Lipinski definition) is 2. The number of benzene rings is 1. The number of aryl methyl sites for hydroxylation is 1. The van der Waals surface area contributed by atoms with Gasteiger partial charge in [0.25, 0.3) is 0 Å². The molecular weight excluding hydrogens is 395 g/mol. The highest BCUT2D eigenvalue weighted by molar-refractivity contribution is 6.35. The lowest BCUT2D eigenvalue weighted by Crippen LogP contribution is -1.98. The first-order valence-electron chi connectivity index (χ1n) is 9.52. The summed E-state index contributed by atoms with van der Waals surface area (Å²) in [5, 5.41) is 10.1. The first-order valence-corrected chi connectivity index (χ1v) is 9.90. The number of fused-ring (bicyclic) bond motifs is 2. The van der Waals surface area contributed by atoms with Gasteiger partial charge in [0.1, 0.15) is 5.82 Å². The number of halogens is 2. The van der Waals surface area contributed by atoms with Crippen molar-refractivity contribution in [3.63, 3.8) is 0 Å². The molecule has 3 aromatic heterocycles. The average molecular weight is 415 g/mol. The summed E-state index contributed by atoms with van der Waals surface area (Å²) in [6.07, 6.45) is 12.9. The van der Waals surface area contributed by atoms with Gasteiger partial charge in [0.2, 0.25) is 6.41 Å². The molecule has 2 N–H and O–H groups in total. The van der Waals surface area contributed by atoms with E-state index in [-0.39, 0.29) is 5.02 Å². The molecule has 5 rings (SSSR count). The summed E-state index contributed by atoms with van der Waals surface area (Å²) in [4.78, 5) is 19.1. The molecule has 1 aliphatic carbocycles. The van der Waals surface area contributed by atoms with Crippen LogP contribution in [0.1, 0.15) is 38.2 Å². The maximum Gasteiger partial charge on any atom is 0.212 e. The van der Waals surface area contributed by atoms with E-state index in [0.29, 0.717) is 52.0 Å². The predicted molar refractivity (Wildman–Crippen MR) is 111 cm³/mol. The molecule has 0 unspecified atom stereocenters. The Morgan fingerprint density at radius 3 is 2.79 bits per heavy atom. The second kappa shape index (κ2) is 8.16. The fraction of sp³-hybridized carbons (Fsp3) is 0.300. The number of imidazole rings is 1. The van der Waals surface area contributed by atoms with Crippen LogP contribution in [-0.4, -0.2) is 31.0 Å². The van der Waals surface area contributed by atoms with Gasteiger partial charge in [-0.3, -0.25) is 14.9 Å². The SMILES string of the molecule is C1CC1.CCCc1c(F)c(Cl)c(-c2cn3cc(NC=O)nc3cn2)c2cn[nH]c12. The normalized spacial score (nSPS) is 12.7. The van der Waals surface area contributed by atoms with Crippen molar-refractivity contribution >= 4 is 40.4 Å². The summed E-state index contributed by atoms with van der Waals surface area (Å²) < 4.78 is 16.6. The number of hydrogen-bond acceptors (Lipinski definition) is 4. The van der Waals surface area contributed by atoms with Crippen LogP contribution in [0.4, 0.5) is 10.2 Å². The smallest absolute Gasteiger partial charge is 0.212 e. The molecule has 0 saturated heterocycles. The van der Waals surface area contributed by atoms with Gasteiger partial charge in [-0.25, -0.2) is 9.37 Å². The molecule has 1 amide bonds. The molecule has 150 valence electrons. The number of aromatic amines is 1. The molecule has 0 spiro atoms. The summed E-state index contributed by atoms with van der Waals surface area (Å²) in [6, 6.07) is 0. The molecule has 1 saturated carbocycles. The van der Waals surface area contributed by atoms with Crippen molar-refractivity contribution in [2.45, 2.75) is 39.0 Å². The lowest BCUT2D eigenvalue weighted by molar-refractivity contribution is -0.105. The van der Waals surface area contributed by atoms with E-state index in [0.717, 1.165) is 6.42 Å². The monoisotopic (exact) mass is 414 g/mol. The van der Waals surface area contributed by atoms with Crippen LogP contribution in [-0.2, 0) is 11.2 Å². The Morgan fingerprint density at radius 2 is 2.10 bits per heavy atom. The third-order valence-electron chi connectivity index (χ3n) is 4.55. The van der Waals surface area contributed by atoms with Crippen LogP contribution in [0.2, 0.25) is 5.02 Å². The highest BCUT2D eigenvalue weighted by atomic mass is 35.5. The summed E-state index contributed by atoms with van der Waals surface area (Å²) >= 11 is 6.37. The fourth-order valence-corrected chi connectivity index (χ4v) is 3.38. The topological polar surface area (TPSA) is 88.0 Å². The first kappa shape index (κ1) is 19.3. The molecule has 0 radical (unpaired) electrons. The lowest BCUT2D eigenvalue weighted by atomic mass is 10.00. The molecular formula is C20H20ClFN6O. The van der Waals surface area contributed by atoms with Gasteiger partial charge in [-0.2, -0.15) is 5.10 Å². The van der Waals surface area contributed by atoms with Gasteiger partial charge >= 0.3 is 0 Å². The largest absolute Gasteiger partial charge is 0.312 e. The number of nitrogens with zero attached hydrogens (tertiary/aromatic N) is 4. The second-order valence-electron chi connectivity index (χ2n) is 6.88. The van der Waals surface area contributed by atoms with E-state index in [2.05, 4.69) is 25.5 Å². The highest BCUT2D eigenvalue weighted by Gasteiger charge is 2.21. The number of nitrogens with one attached hydrogen (secondary N) is 2. The number of amides is 1. The van der Waals surface area contributed by atoms with Gasteiger partial charge in [0.15, 0.2) is 11.5 Å². The standard InChI is InChI=1S/C17H14ClFN6O.C3H6/c1-2-3-9-16(19)15(18)14(10-4-22-24-17(9)10)11-6-25-7-12(21-8-26)23-13(25)5-20-11;1-2-3-1/h4-8H,2-3H2,1H3,(H,21,26)(H,22,24);1-3H2. The van der Waals surface area contributed by atoms with Crippen LogP contribution in [0.5, 0.6) is 0 Å². The van der Waals surface area contributed by atoms with Gasteiger partial charge < -0.3 is 9.72 Å². The van der Waals surface area contributed by atoms with E-state index in [4.69, 9.17) is 11.6 Å². The number of H-pyrrole nitrogens is 1. The van der Waals surface area contributed by atoms with E-state index >= 15 is 0 Å². The van der Waals surface area contributed by atoms with Gasteiger partial charge in [-0.1, -0.05) is 44.2 Å². The Bertz CT molecular complexity index is 1180. The Balaban J connectivity index is 0.000000626. The molecule has 0 aliphatic heterocycles. The molecule has 4 aromatic rings. The van der Waals surface area contributed by atoms with Crippen molar-refractivity contribution < 1.29 is 9.18 Å². The quantitative estimate of drug-likeness (QED) is 0.461. The average Bonchev–Trinajstić information content (AvgIpc) is 3.43. The van der Waals surface area contributed by atoms with Gasteiger partial charge in [-0.15, -0.1) is 0 Å². The van der Waals surface area contributed by atoms with Crippen molar-refractivity contribution in [3.8, 4) is 11.3 Å². The molecule has 3 heterocycles. The zero-order valence-electron chi connectivity index (χ0n) is 15.9. The van der Waals surface area contributed by atoms with Crippen LogP contribution in [0, 0.1) is 5.82 Å². The van der Waals surface area contributed by atoms with Crippen molar-refractivity contribution in [1.29, 1.82) is 0 Å². The zero-order valence-corrected chi connectivity index (χ0v) is 16.6. The van der Waals surface area contributed by atoms with Crippen LogP contribution in [0.15, 0.2) is 24.8 Å². The summed E-state index contributed by atoms with van der Waals surface area (Å²) in [6.45, 7) is 1.98. The van der Waals surface area contributed by atoms with Crippen LogP contribution < -0.4 is 5.32 Å². The summed E-state index contributed by atoms with van der Waals surface area (Å²) in [5.74, 6) is -0.0703. The number of carbonyl (C=O) groups is 1. The molecule has 0 atom stereocenters. The minimum absolute atomic E-state index is 0.0144. The van der Waals surface area contributed by atoms with Crippen molar-refractivity contribution in [3.05, 3.63) is 41.2 Å². The maximum absolute atomic E-state index is 14.9. The molecule has 1 aromatic carbocycles. The van der Waals surface area contributed by atoms with Crippen molar-refractivity contribution in [1.82, 2.24) is 24.6 Å². The highest BCUT2D eigenvalue weighted by Crippen LogP contribution is 2.38. The lowest BCUT2D eigenvalue weighted by Gasteiger charge is -2.11. The summed E-state index contributed by atoms with van der Waals surface area (Å²) in [5.41, 5.74) is 2.63. The number of carbonyl (C=O) groups excluding carboxylic acids is 1. The molecule has 0 bridgehead atoms. The minimum atomic E-state index is -0.462. The second-order valence-corrected chi connectivity index (χ2v) is 7.26. The van der Waals surface area contributed by atoms with E-state index in [1.807, 2.05) is 6.92 Å². The Kier molecular flexibility index (Phi) is 5.44. The van der Waals surface area contributed by atoms with E-state index in [1.165, 1.54) is 25.5 Å². The number of anilines is 1. The van der Waals surface area contributed by atoms with Crippen LogP contribution >= 0.6 is 11.6 Å². The molecule has 9 heteroatoms. The first-order chi connectivity index (χ1) is 14.1. The molecule has 1 aliphatic rings. The summed E-state index contributed by atoms with van der Waals surface area (Å²) in [7, 11) is 0. The van der Waals surface area contributed by atoms with Crippen molar-refractivity contribution in [2.24, 2.45) is 0 Å². The van der Waals surface area contributed by atoms with Gasteiger partial charge in [0.05, 0.1) is 34.8 Å². The van der Waals surface area contributed by atoms with Gasteiger partial charge in [0, 0.05) is 22.7 Å². The molecule has 29 heavy (non-hydrogen) atoms. The van der Waals surface area contributed by atoms with E-state index in [1.54, 1.807) is 23.0 Å². The molecule has 7 nitrogen and oxygen atoms in total. The fourth-order valence-electron chi connectivity index (χ4n) is 3.07. The minimum Gasteiger partial charge on any atom is -0.312 e. The van der Waals surface area contributed by atoms with Crippen molar-refractivity contribution in [2.75, 3.05) is 5.32 Å². The van der Waals surface area contributed by atoms with Crippen LogP contribution in [0.3, 0.4) is 0 Å². The number of aromatic nitrogens is 5. The Labute approximate surface area is 171 Å². The maximum atomic E-state index is 14.9. The third-order valence-corrected chi connectivity index (χ3v) is 4.90. The molecule has 1 fully saturated rings. The van der Waals surface area contributed by atoms with Gasteiger partial charge in [-0.05, 0) is 6.42 Å². The van der Waals surface area contributed by atoms with E-state index < -0.39 is 5.82 Å².